The summed E-state index contributed by atoms with van der Waals surface area (Å²) in [6, 6.07) is 5.94. The van der Waals surface area contributed by atoms with Crippen molar-refractivity contribution in [2.75, 3.05) is 0 Å². The van der Waals surface area contributed by atoms with E-state index >= 15 is 0 Å². The molecule has 0 amide bonds. The molecule has 1 unspecified atom stereocenters. The van der Waals surface area contributed by atoms with Gasteiger partial charge in [0.2, 0.25) is 0 Å². The van der Waals surface area contributed by atoms with Crippen molar-refractivity contribution in [3.63, 3.8) is 0 Å². The summed E-state index contributed by atoms with van der Waals surface area (Å²) in [5.74, 6) is -1.01. The van der Waals surface area contributed by atoms with Gasteiger partial charge in [0.05, 0.1) is 5.92 Å². The van der Waals surface area contributed by atoms with Gasteiger partial charge in [0.15, 0.2) is 0 Å². The first-order valence-electron chi connectivity index (χ1n) is 4.69. The third-order valence-electron chi connectivity index (χ3n) is 2.72. The summed E-state index contributed by atoms with van der Waals surface area (Å²) < 4.78 is 0.962. The summed E-state index contributed by atoms with van der Waals surface area (Å²) in [5, 5.41) is 9.06. The highest BCUT2D eigenvalue weighted by Gasteiger charge is 2.25. The first-order chi connectivity index (χ1) is 6.68. The number of fused-ring (bicyclic) bond motifs is 1. The molecule has 0 saturated carbocycles. The quantitative estimate of drug-likeness (QED) is 0.837. The second-order valence-electron chi connectivity index (χ2n) is 3.63. The molecule has 74 valence electrons. The van der Waals surface area contributed by atoms with Crippen LogP contribution in [-0.4, -0.2) is 11.1 Å². The van der Waals surface area contributed by atoms with Crippen molar-refractivity contribution >= 4 is 21.9 Å². The summed E-state index contributed by atoms with van der Waals surface area (Å²) in [4.78, 5) is 11.0. The van der Waals surface area contributed by atoms with Crippen LogP contribution in [0, 0.1) is 0 Å². The van der Waals surface area contributed by atoms with E-state index in [1.807, 2.05) is 18.2 Å². The van der Waals surface area contributed by atoms with Crippen LogP contribution in [0.2, 0.25) is 0 Å². The normalized spacial score (nSPS) is 20.2. The van der Waals surface area contributed by atoms with Gasteiger partial charge in [0, 0.05) is 4.47 Å². The van der Waals surface area contributed by atoms with Gasteiger partial charge in [-0.1, -0.05) is 22.0 Å². The van der Waals surface area contributed by atoms with Gasteiger partial charge in [-0.3, -0.25) is 4.79 Å². The van der Waals surface area contributed by atoms with Gasteiger partial charge in [-0.05, 0) is 42.5 Å². The van der Waals surface area contributed by atoms with Crippen molar-refractivity contribution in [1.82, 2.24) is 0 Å². The van der Waals surface area contributed by atoms with Crippen molar-refractivity contribution in [2.24, 2.45) is 0 Å². The van der Waals surface area contributed by atoms with E-state index in [1.165, 1.54) is 5.56 Å². The number of hydrogen-bond donors (Lipinski definition) is 1. The molecule has 1 aliphatic rings. The molecule has 0 aliphatic heterocycles. The molecule has 1 aromatic rings. The maximum atomic E-state index is 11.0. The van der Waals surface area contributed by atoms with Crippen LogP contribution in [-0.2, 0) is 11.2 Å². The number of carbonyl (C=O) groups is 1. The second-order valence-corrected chi connectivity index (χ2v) is 4.54. The van der Waals surface area contributed by atoms with Crippen molar-refractivity contribution in [3.8, 4) is 0 Å². The number of aliphatic carboxylic acids is 1. The number of hydrogen-bond acceptors (Lipinski definition) is 1. The van der Waals surface area contributed by atoms with E-state index < -0.39 is 5.97 Å². The van der Waals surface area contributed by atoms with Crippen LogP contribution < -0.4 is 0 Å². The Labute approximate surface area is 91.1 Å². The average molecular weight is 255 g/mol. The summed E-state index contributed by atoms with van der Waals surface area (Å²) in [6.45, 7) is 0. The van der Waals surface area contributed by atoms with Crippen LogP contribution in [0.5, 0.6) is 0 Å². The van der Waals surface area contributed by atoms with E-state index in [0.29, 0.717) is 0 Å². The molecule has 0 heterocycles. The molecule has 1 aliphatic carbocycles. The fraction of sp³-hybridized carbons (Fsp3) is 0.364. The smallest absolute Gasteiger partial charge is 0.310 e. The molecule has 14 heavy (non-hydrogen) atoms. The predicted octanol–water partition coefficient (Wildman–Crippen LogP) is 2.95. The Hall–Kier alpha value is -0.830. The topological polar surface area (TPSA) is 37.3 Å². The van der Waals surface area contributed by atoms with Gasteiger partial charge in [-0.25, -0.2) is 0 Å². The van der Waals surface area contributed by atoms with E-state index in [9.17, 15) is 4.79 Å². The number of halogens is 1. The summed E-state index contributed by atoms with van der Waals surface area (Å²) in [5.41, 5.74) is 2.17. The molecule has 2 nitrogen and oxygen atoms in total. The largest absolute Gasteiger partial charge is 0.481 e. The Morgan fingerprint density at radius 3 is 3.00 bits per heavy atom. The van der Waals surface area contributed by atoms with Gasteiger partial charge in [0.1, 0.15) is 0 Å². The minimum atomic E-state index is -0.705. The van der Waals surface area contributed by atoms with E-state index in [2.05, 4.69) is 15.9 Å². The highest BCUT2D eigenvalue weighted by Crippen LogP contribution is 2.33. The Bertz CT molecular complexity index is 374. The average Bonchev–Trinajstić information content (AvgIpc) is 2.16. The fourth-order valence-electron chi connectivity index (χ4n) is 2.03. The van der Waals surface area contributed by atoms with Crippen LogP contribution in [0.15, 0.2) is 22.7 Å². The molecule has 0 spiro atoms. The molecule has 1 aromatic carbocycles. The van der Waals surface area contributed by atoms with Gasteiger partial charge in [-0.15, -0.1) is 0 Å². The van der Waals surface area contributed by atoms with Crippen molar-refractivity contribution < 1.29 is 9.90 Å². The maximum absolute atomic E-state index is 11.0. The number of benzene rings is 1. The maximum Gasteiger partial charge on any atom is 0.310 e. The molecule has 2 rings (SSSR count). The van der Waals surface area contributed by atoms with E-state index in [-0.39, 0.29) is 5.92 Å². The molecule has 0 bridgehead atoms. The van der Waals surface area contributed by atoms with Crippen LogP contribution in [0.1, 0.15) is 29.9 Å². The van der Waals surface area contributed by atoms with Crippen molar-refractivity contribution in [3.05, 3.63) is 33.8 Å². The van der Waals surface area contributed by atoms with Gasteiger partial charge >= 0.3 is 5.97 Å². The highest BCUT2D eigenvalue weighted by atomic mass is 79.9. The molecule has 0 fully saturated rings. The van der Waals surface area contributed by atoms with Crippen LogP contribution in [0.4, 0.5) is 0 Å². The van der Waals surface area contributed by atoms with Crippen molar-refractivity contribution in [1.29, 1.82) is 0 Å². The SMILES string of the molecule is O=C(O)C1CCCc2ccc(Br)cc21. The van der Waals surface area contributed by atoms with Crippen LogP contribution in [0.25, 0.3) is 0 Å². The van der Waals surface area contributed by atoms with E-state index in [0.717, 1.165) is 29.3 Å². The number of carboxylic acids is 1. The lowest BCUT2D eigenvalue weighted by Gasteiger charge is -2.22. The first kappa shape index (κ1) is 9.71. The van der Waals surface area contributed by atoms with E-state index in [1.54, 1.807) is 0 Å². The Morgan fingerprint density at radius 1 is 1.50 bits per heavy atom. The Kier molecular flexibility index (Phi) is 2.59. The van der Waals surface area contributed by atoms with Crippen molar-refractivity contribution in [2.45, 2.75) is 25.2 Å². The van der Waals surface area contributed by atoms with E-state index in [4.69, 9.17) is 5.11 Å². The lowest BCUT2D eigenvalue weighted by atomic mass is 9.83. The summed E-state index contributed by atoms with van der Waals surface area (Å²) in [6.07, 6.45) is 2.75. The lowest BCUT2D eigenvalue weighted by molar-refractivity contribution is -0.139. The molecule has 0 radical (unpaired) electrons. The fourth-order valence-corrected chi connectivity index (χ4v) is 2.41. The zero-order chi connectivity index (χ0) is 10.1. The molecule has 3 heteroatoms. The molecular formula is C11H11BrO2. The monoisotopic (exact) mass is 254 g/mol. The molecule has 1 N–H and O–H groups in total. The van der Waals surface area contributed by atoms with Gasteiger partial charge < -0.3 is 5.11 Å². The van der Waals surface area contributed by atoms with Gasteiger partial charge in [0.25, 0.3) is 0 Å². The summed E-state index contributed by atoms with van der Waals surface area (Å²) >= 11 is 3.37. The molecule has 1 atom stereocenters. The Balaban J connectivity index is 2.46. The first-order valence-corrected chi connectivity index (χ1v) is 5.49. The standard InChI is InChI=1S/C11H11BrO2/c12-8-5-4-7-2-1-3-9(11(13)14)10(7)6-8/h4-6,9H,1-3H2,(H,13,14). The highest BCUT2D eigenvalue weighted by molar-refractivity contribution is 9.10. The zero-order valence-electron chi connectivity index (χ0n) is 7.66. The molecule has 0 aromatic heterocycles. The van der Waals surface area contributed by atoms with Gasteiger partial charge in [-0.2, -0.15) is 0 Å². The second kappa shape index (κ2) is 3.73. The zero-order valence-corrected chi connectivity index (χ0v) is 9.25. The minimum Gasteiger partial charge on any atom is -0.481 e. The number of carboxylic acid groups (broad SMARTS) is 1. The lowest BCUT2D eigenvalue weighted by Crippen LogP contribution is -2.17. The molecule has 0 saturated heterocycles. The van der Waals surface area contributed by atoms with Crippen LogP contribution >= 0.6 is 15.9 Å². The van der Waals surface area contributed by atoms with Crippen LogP contribution in [0.3, 0.4) is 0 Å². The molecular weight excluding hydrogens is 244 g/mol. The summed E-state index contributed by atoms with van der Waals surface area (Å²) in [7, 11) is 0. The number of aryl methyl sites for hydroxylation is 1. The Morgan fingerprint density at radius 2 is 2.29 bits per heavy atom. The third-order valence-corrected chi connectivity index (χ3v) is 3.21. The minimum absolute atomic E-state index is 0.309. The third kappa shape index (κ3) is 1.69. The predicted molar refractivity (Wildman–Crippen MR) is 57.5 cm³/mol. The number of rotatable bonds is 1.